The first-order valence-corrected chi connectivity index (χ1v) is 12.7. The number of nitrogens with one attached hydrogen (secondary N) is 1. The molecule has 0 bridgehead atoms. The smallest absolute Gasteiger partial charge is 0.243 e. The van der Waals surface area contributed by atoms with E-state index >= 15 is 0 Å². The Hall–Kier alpha value is -1.97. The van der Waals surface area contributed by atoms with Gasteiger partial charge in [-0.05, 0) is 62.8 Å². The number of sulfonamides is 1. The highest BCUT2D eigenvalue weighted by Gasteiger charge is 2.33. The zero-order valence-corrected chi connectivity index (χ0v) is 18.7. The van der Waals surface area contributed by atoms with Crippen LogP contribution < -0.4 is 10.1 Å². The Morgan fingerprint density at radius 3 is 2.70 bits per heavy atom. The van der Waals surface area contributed by atoms with Crippen LogP contribution in [-0.2, 0) is 27.7 Å². The largest absolute Gasteiger partial charge is 0.497 e. The number of nitrogens with zero attached hydrogens (tertiary/aromatic N) is 2. The summed E-state index contributed by atoms with van der Waals surface area (Å²) in [6.07, 6.45) is 6.87. The minimum Gasteiger partial charge on any atom is -0.497 e. The minimum atomic E-state index is -3.65. The Labute approximate surface area is 181 Å². The van der Waals surface area contributed by atoms with Crippen LogP contribution in [0.5, 0.6) is 5.75 Å². The van der Waals surface area contributed by atoms with Crippen molar-refractivity contribution in [1.29, 1.82) is 0 Å². The highest BCUT2D eigenvalue weighted by atomic mass is 32.2. The third-order valence-corrected chi connectivity index (χ3v) is 8.73. The van der Waals surface area contributed by atoms with Crippen molar-refractivity contribution in [2.75, 3.05) is 25.5 Å². The summed E-state index contributed by atoms with van der Waals surface area (Å²) >= 11 is 1.56. The van der Waals surface area contributed by atoms with E-state index in [0.717, 1.165) is 25.0 Å². The van der Waals surface area contributed by atoms with Gasteiger partial charge in [-0.3, -0.25) is 4.79 Å². The Balaban J connectivity index is 1.43. The molecular weight excluding hydrogens is 422 g/mol. The fourth-order valence-electron chi connectivity index (χ4n) is 4.06. The molecule has 162 valence electrons. The van der Waals surface area contributed by atoms with Gasteiger partial charge < -0.3 is 10.1 Å². The van der Waals surface area contributed by atoms with E-state index in [1.165, 1.54) is 29.1 Å². The molecule has 1 unspecified atom stereocenters. The number of piperidine rings is 1. The van der Waals surface area contributed by atoms with Gasteiger partial charge in [-0.2, -0.15) is 4.31 Å². The Morgan fingerprint density at radius 2 is 1.93 bits per heavy atom. The standard InChI is InChI=1S/C21H27N3O4S2/c1-28-16-9-11-17(12-10-16)30(26,27)24-13-5-6-15(14-24)20(25)23-21-22-18-7-3-2-4-8-19(18)29-21/h9-12,15H,2-8,13-14H2,1H3,(H,22,23,25). The first-order chi connectivity index (χ1) is 14.5. The summed E-state index contributed by atoms with van der Waals surface area (Å²) in [6.45, 7) is 0.606. The van der Waals surface area contributed by atoms with Gasteiger partial charge in [0.1, 0.15) is 5.75 Å². The maximum atomic E-state index is 13.0. The lowest BCUT2D eigenvalue weighted by atomic mass is 9.99. The van der Waals surface area contributed by atoms with Crippen LogP contribution in [0, 0.1) is 5.92 Å². The van der Waals surface area contributed by atoms with Gasteiger partial charge in [0.25, 0.3) is 0 Å². The fourth-order valence-corrected chi connectivity index (χ4v) is 6.64. The molecule has 1 saturated heterocycles. The van der Waals surface area contributed by atoms with Crippen molar-refractivity contribution in [3.05, 3.63) is 34.8 Å². The second-order valence-electron chi connectivity index (χ2n) is 7.82. The molecule has 1 aromatic heterocycles. The van der Waals surface area contributed by atoms with Gasteiger partial charge in [0.15, 0.2) is 5.13 Å². The molecule has 1 aliphatic heterocycles. The molecule has 2 heterocycles. The fraction of sp³-hybridized carbons (Fsp3) is 0.524. The van der Waals surface area contributed by atoms with Crippen LogP contribution in [0.2, 0.25) is 0 Å². The number of aryl methyl sites for hydroxylation is 2. The predicted molar refractivity (Wildman–Crippen MR) is 116 cm³/mol. The van der Waals surface area contributed by atoms with E-state index in [0.29, 0.717) is 30.3 Å². The number of anilines is 1. The van der Waals surface area contributed by atoms with Gasteiger partial charge in [-0.15, -0.1) is 11.3 Å². The van der Waals surface area contributed by atoms with E-state index in [-0.39, 0.29) is 23.3 Å². The second-order valence-corrected chi connectivity index (χ2v) is 10.8. The number of ether oxygens (including phenoxy) is 1. The second kappa shape index (κ2) is 9.03. The SMILES string of the molecule is COc1ccc(S(=O)(=O)N2CCCC(C(=O)Nc3nc4c(s3)CCCCC4)C2)cc1. The molecule has 9 heteroatoms. The maximum Gasteiger partial charge on any atom is 0.243 e. The number of benzene rings is 1. The van der Waals surface area contributed by atoms with Crippen molar-refractivity contribution in [1.82, 2.24) is 9.29 Å². The van der Waals surface area contributed by atoms with E-state index in [1.54, 1.807) is 35.6 Å². The maximum absolute atomic E-state index is 13.0. The minimum absolute atomic E-state index is 0.145. The molecule has 4 rings (SSSR count). The van der Waals surface area contributed by atoms with Gasteiger partial charge >= 0.3 is 0 Å². The van der Waals surface area contributed by atoms with Crippen molar-refractivity contribution in [3.63, 3.8) is 0 Å². The summed E-state index contributed by atoms with van der Waals surface area (Å²) in [5, 5.41) is 3.59. The summed E-state index contributed by atoms with van der Waals surface area (Å²) in [6, 6.07) is 6.35. The molecule has 1 N–H and O–H groups in total. The normalized spacial score (nSPS) is 20.2. The number of methoxy groups -OCH3 is 1. The number of thiazole rings is 1. The van der Waals surface area contributed by atoms with Crippen molar-refractivity contribution < 1.29 is 17.9 Å². The quantitative estimate of drug-likeness (QED) is 0.706. The summed E-state index contributed by atoms with van der Waals surface area (Å²) in [5.41, 5.74) is 1.11. The number of hydrogen-bond acceptors (Lipinski definition) is 6. The molecule has 1 amide bonds. The third kappa shape index (κ3) is 4.53. The van der Waals surface area contributed by atoms with E-state index in [4.69, 9.17) is 4.74 Å². The van der Waals surface area contributed by atoms with Crippen LogP contribution in [-0.4, -0.2) is 43.8 Å². The first kappa shape index (κ1) is 21.3. The van der Waals surface area contributed by atoms with Crippen LogP contribution in [0.1, 0.15) is 42.7 Å². The van der Waals surface area contributed by atoms with Crippen LogP contribution in [0.3, 0.4) is 0 Å². The number of amides is 1. The summed E-state index contributed by atoms with van der Waals surface area (Å²) in [5.74, 6) is 0.0794. The molecule has 2 aromatic rings. The number of fused-ring (bicyclic) bond motifs is 1. The molecule has 0 saturated carbocycles. The zero-order valence-electron chi connectivity index (χ0n) is 17.1. The van der Waals surface area contributed by atoms with E-state index < -0.39 is 10.0 Å². The number of aromatic nitrogens is 1. The number of carbonyl (C=O) groups is 1. The molecule has 7 nitrogen and oxygen atoms in total. The first-order valence-electron chi connectivity index (χ1n) is 10.4. The molecule has 0 spiro atoms. The Bertz CT molecular complexity index is 978. The third-order valence-electron chi connectivity index (χ3n) is 5.78. The summed E-state index contributed by atoms with van der Waals surface area (Å²) < 4.78 is 32.6. The van der Waals surface area contributed by atoms with Crippen LogP contribution in [0.4, 0.5) is 5.13 Å². The zero-order chi connectivity index (χ0) is 21.1. The van der Waals surface area contributed by atoms with Crippen molar-refractivity contribution in [2.24, 2.45) is 5.92 Å². The van der Waals surface area contributed by atoms with Crippen LogP contribution >= 0.6 is 11.3 Å². The van der Waals surface area contributed by atoms with Crippen molar-refractivity contribution in [3.8, 4) is 5.75 Å². The Morgan fingerprint density at radius 1 is 1.17 bits per heavy atom. The topological polar surface area (TPSA) is 88.6 Å². The molecule has 30 heavy (non-hydrogen) atoms. The van der Waals surface area contributed by atoms with Crippen molar-refractivity contribution in [2.45, 2.75) is 49.8 Å². The van der Waals surface area contributed by atoms with Gasteiger partial charge in [0.2, 0.25) is 15.9 Å². The summed E-state index contributed by atoms with van der Waals surface area (Å²) in [4.78, 5) is 19.0. The van der Waals surface area contributed by atoms with Crippen molar-refractivity contribution >= 4 is 32.4 Å². The molecule has 1 aromatic carbocycles. The van der Waals surface area contributed by atoms with Crippen LogP contribution in [0.25, 0.3) is 0 Å². The van der Waals surface area contributed by atoms with E-state index in [9.17, 15) is 13.2 Å². The highest BCUT2D eigenvalue weighted by molar-refractivity contribution is 7.89. The van der Waals surface area contributed by atoms with Crippen LogP contribution in [0.15, 0.2) is 29.2 Å². The van der Waals surface area contributed by atoms with E-state index in [2.05, 4.69) is 10.3 Å². The number of hydrogen-bond donors (Lipinski definition) is 1. The van der Waals surface area contributed by atoms with Gasteiger partial charge in [0, 0.05) is 18.0 Å². The molecule has 2 aliphatic rings. The lowest BCUT2D eigenvalue weighted by Crippen LogP contribution is -2.43. The molecular formula is C21H27N3O4S2. The van der Waals surface area contributed by atoms with Gasteiger partial charge in [-0.25, -0.2) is 13.4 Å². The van der Waals surface area contributed by atoms with Gasteiger partial charge in [-0.1, -0.05) is 6.42 Å². The highest BCUT2D eigenvalue weighted by Crippen LogP contribution is 2.30. The molecule has 1 fully saturated rings. The number of rotatable bonds is 5. The molecule has 1 atom stereocenters. The number of carbonyl (C=O) groups excluding carboxylic acids is 1. The molecule has 0 radical (unpaired) electrons. The van der Waals surface area contributed by atoms with E-state index in [1.807, 2.05) is 0 Å². The monoisotopic (exact) mass is 449 g/mol. The summed E-state index contributed by atoms with van der Waals surface area (Å²) in [7, 11) is -2.11. The average Bonchev–Trinajstić information content (AvgIpc) is 3.01. The lowest BCUT2D eigenvalue weighted by Gasteiger charge is -2.31. The predicted octanol–water partition coefficient (Wildman–Crippen LogP) is 3.46. The average molecular weight is 450 g/mol. The Kier molecular flexibility index (Phi) is 6.40. The van der Waals surface area contributed by atoms with Gasteiger partial charge in [0.05, 0.1) is 23.6 Å². The lowest BCUT2D eigenvalue weighted by molar-refractivity contribution is -0.120. The molecule has 1 aliphatic carbocycles.